The molecule has 0 spiro atoms. The lowest BCUT2D eigenvalue weighted by atomic mass is 9.93. The first-order valence-corrected chi connectivity index (χ1v) is 10.3. The van der Waals surface area contributed by atoms with Gasteiger partial charge in [0.05, 0.1) is 13.2 Å². The minimum absolute atomic E-state index is 0.621. The van der Waals surface area contributed by atoms with Crippen LogP contribution in [0.5, 0.6) is 0 Å². The SMILES string of the molecule is CCC(CC)C(CNC(=NC)NCCN1CCOCC1)N1CCCC1. The van der Waals surface area contributed by atoms with Crippen molar-refractivity contribution >= 4 is 5.96 Å². The second-order valence-electron chi connectivity index (χ2n) is 7.22. The molecule has 146 valence electrons. The predicted molar refractivity (Wildman–Crippen MR) is 105 cm³/mol. The Bertz CT molecular complexity index is 372. The largest absolute Gasteiger partial charge is 0.379 e. The van der Waals surface area contributed by atoms with Crippen LogP contribution in [-0.2, 0) is 4.74 Å². The number of morpholine rings is 1. The lowest BCUT2D eigenvalue weighted by Gasteiger charge is -2.34. The molecule has 0 aromatic rings. The first kappa shape index (κ1) is 20.5. The molecule has 2 aliphatic heterocycles. The molecule has 1 unspecified atom stereocenters. The number of rotatable bonds is 9. The topological polar surface area (TPSA) is 52.1 Å². The zero-order chi connectivity index (χ0) is 17.9. The highest BCUT2D eigenvalue weighted by molar-refractivity contribution is 5.79. The van der Waals surface area contributed by atoms with Crippen molar-refractivity contribution in [1.82, 2.24) is 20.4 Å². The Labute approximate surface area is 154 Å². The third kappa shape index (κ3) is 6.76. The number of hydrogen-bond donors (Lipinski definition) is 2. The summed E-state index contributed by atoms with van der Waals surface area (Å²) >= 11 is 0. The Morgan fingerprint density at radius 3 is 2.32 bits per heavy atom. The van der Waals surface area contributed by atoms with Gasteiger partial charge < -0.3 is 15.4 Å². The molecule has 6 nitrogen and oxygen atoms in total. The molecule has 0 aliphatic carbocycles. The zero-order valence-corrected chi connectivity index (χ0v) is 16.6. The molecule has 2 rings (SSSR count). The van der Waals surface area contributed by atoms with Crippen molar-refractivity contribution in [3.8, 4) is 0 Å². The van der Waals surface area contributed by atoms with E-state index in [9.17, 15) is 0 Å². The maximum Gasteiger partial charge on any atom is 0.191 e. The average molecular weight is 354 g/mol. The molecular weight excluding hydrogens is 314 g/mol. The van der Waals surface area contributed by atoms with Gasteiger partial charge in [-0.05, 0) is 31.8 Å². The summed E-state index contributed by atoms with van der Waals surface area (Å²) in [7, 11) is 1.87. The average Bonchev–Trinajstić information content (AvgIpc) is 3.18. The van der Waals surface area contributed by atoms with E-state index in [1.54, 1.807) is 0 Å². The van der Waals surface area contributed by atoms with Crippen LogP contribution in [0.2, 0.25) is 0 Å². The third-order valence-electron chi connectivity index (χ3n) is 5.73. The monoisotopic (exact) mass is 353 g/mol. The predicted octanol–water partition coefficient (Wildman–Crippen LogP) is 1.38. The quantitative estimate of drug-likeness (QED) is 0.485. The molecule has 0 saturated carbocycles. The molecule has 2 aliphatic rings. The van der Waals surface area contributed by atoms with E-state index in [4.69, 9.17) is 4.74 Å². The van der Waals surface area contributed by atoms with Crippen molar-refractivity contribution in [3.63, 3.8) is 0 Å². The van der Waals surface area contributed by atoms with Gasteiger partial charge in [0.25, 0.3) is 0 Å². The maximum absolute atomic E-state index is 5.40. The van der Waals surface area contributed by atoms with Crippen molar-refractivity contribution < 1.29 is 4.74 Å². The smallest absolute Gasteiger partial charge is 0.191 e. The van der Waals surface area contributed by atoms with Crippen molar-refractivity contribution in [1.29, 1.82) is 0 Å². The lowest BCUT2D eigenvalue weighted by Crippen LogP contribution is -2.50. The Kier molecular flexibility index (Phi) is 9.58. The van der Waals surface area contributed by atoms with Crippen LogP contribution in [0.25, 0.3) is 0 Å². The fraction of sp³-hybridized carbons (Fsp3) is 0.947. The Hall–Kier alpha value is -0.850. The summed E-state index contributed by atoms with van der Waals surface area (Å²) in [5.74, 6) is 1.69. The van der Waals surface area contributed by atoms with Gasteiger partial charge in [-0.25, -0.2) is 0 Å². The fourth-order valence-electron chi connectivity index (χ4n) is 4.08. The maximum atomic E-state index is 5.40. The van der Waals surface area contributed by atoms with E-state index in [1.165, 1.54) is 38.8 Å². The molecular formula is C19H39N5O. The summed E-state index contributed by atoms with van der Waals surface area (Å²) in [6.07, 6.45) is 5.21. The van der Waals surface area contributed by atoms with Crippen LogP contribution < -0.4 is 10.6 Å². The zero-order valence-electron chi connectivity index (χ0n) is 16.6. The van der Waals surface area contributed by atoms with Gasteiger partial charge in [0.1, 0.15) is 0 Å². The van der Waals surface area contributed by atoms with Crippen molar-refractivity contribution in [2.75, 3.05) is 66.1 Å². The van der Waals surface area contributed by atoms with Gasteiger partial charge in [0, 0.05) is 45.8 Å². The first-order chi connectivity index (χ1) is 12.3. The molecule has 0 aromatic heterocycles. The van der Waals surface area contributed by atoms with Crippen LogP contribution >= 0.6 is 0 Å². The third-order valence-corrected chi connectivity index (χ3v) is 5.73. The Balaban J connectivity index is 1.75. The second kappa shape index (κ2) is 11.7. The molecule has 2 N–H and O–H groups in total. The molecule has 0 bridgehead atoms. The minimum Gasteiger partial charge on any atom is -0.379 e. The number of nitrogens with one attached hydrogen (secondary N) is 2. The van der Waals surface area contributed by atoms with Crippen LogP contribution in [-0.4, -0.2) is 87.9 Å². The van der Waals surface area contributed by atoms with Crippen molar-refractivity contribution in [2.24, 2.45) is 10.9 Å². The molecule has 1 atom stereocenters. The highest BCUT2D eigenvalue weighted by atomic mass is 16.5. The minimum atomic E-state index is 0.621. The summed E-state index contributed by atoms with van der Waals surface area (Å²) < 4.78 is 5.40. The molecule has 2 heterocycles. The van der Waals surface area contributed by atoms with Crippen LogP contribution in [0.4, 0.5) is 0 Å². The van der Waals surface area contributed by atoms with E-state index in [2.05, 4.69) is 39.3 Å². The number of likely N-dealkylation sites (tertiary alicyclic amines) is 1. The summed E-state index contributed by atoms with van der Waals surface area (Å²) in [6, 6.07) is 0.621. The van der Waals surface area contributed by atoms with Crippen molar-refractivity contribution in [3.05, 3.63) is 0 Å². The normalized spacial score (nSPS) is 21.7. The van der Waals surface area contributed by atoms with E-state index in [0.717, 1.165) is 57.8 Å². The van der Waals surface area contributed by atoms with Crippen LogP contribution in [0.15, 0.2) is 4.99 Å². The molecule has 0 aromatic carbocycles. The van der Waals surface area contributed by atoms with E-state index in [0.29, 0.717) is 6.04 Å². The molecule has 2 saturated heterocycles. The number of guanidine groups is 1. The van der Waals surface area contributed by atoms with E-state index in [1.807, 2.05) is 7.05 Å². The highest BCUT2D eigenvalue weighted by Gasteiger charge is 2.27. The van der Waals surface area contributed by atoms with Gasteiger partial charge in [-0.3, -0.25) is 14.8 Å². The van der Waals surface area contributed by atoms with Gasteiger partial charge in [-0.15, -0.1) is 0 Å². The van der Waals surface area contributed by atoms with Crippen LogP contribution in [0, 0.1) is 5.92 Å². The summed E-state index contributed by atoms with van der Waals surface area (Å²) in [6.45, 7) is 13.9. The number of ether oxygens (including phenoxy) is 1. The first-order valence-electron chi connectivity index (χ1n) is 10.3. The van der Waals surface area contributed by atoms with E-state index < -0.39 is 0 Å². The highest BCUT2D eigenvalue weighted by Crippen LogP contribution is 2.22. The van der Waals surface area contributed by atoms with Gasteiger partial charge in [-0.2, -0.15) is 0 Å². The standard InChI is InChI=1S/C19H39N5O/c1-4-17(5-2)18(24-9-6-7-10-24)16-22-19(20-3)21-8-11-23-12-14-25-15-13-23/h17-18H,4-16H2,1-3H3,(H2,20,21,22). The van der Waals surface area contributed by atoms with Crippen LogP contribution in [0.3, 0.4) is 0 Å². The van der Waals surface area contributed by atoms with Crippen LogP contribution in [0.1, 0.15) is 39.5 Å². The Morgan fingerprint density at radius 1 is 1.04 bits per heavy atom. The lowest BCUT2D eigenvalue weighted by molar-refractivity contribution is 0.0389. The molecule has 0 radical (unpaired) electrons. The van der Waals surface area contributed by atoms with Gasteiger partial charge >= 0.3 is 0 Å². The Morgan fingerprint density at radius 2 is 1.72 bits per heavy atom. The van der Waals surface area contributed by atoms with Gasteiger partial charge in [-0.1, -0.05) is 26.7 Å². The van der Waals surface area contributed by atoms with Crippen molar-refractivity contribution in [2.45, 2.75) is 45.6 Å². The number of hydrogen-bond acceptors (Lipinski definition) is 4. The summed E-state index contributed by atoms with van der Waals surface area (Å²) in [5, 5.41) is 7.06. The summed E-state index contributed by atoms with van der Waals surface area (Å²) in [5.41, 5.74) is 0. The number of nitrogens with zero attached hydrogens (tertiary/aromatic N) is 3. The van der Waals surface area contributed by atoms with E-state index in [-0.39, 0.29) is 0 Å². The summed E-state index contributed by atoms with van der Waals surface area (Å²) in [4.78, 5) is 9.54. The van der Waals surface area contributed by atoms with E-state index >= 15 is 0 Å². The molecule has 0 amide bonds. The van der Waals surface area contributed by atoms with Gasteiger partial charge in [0.15, 0.2) is 5.96 Å². The molecule has 25 heavy (non-hydrogen) atoms. The molecule has 2 fully saturated rings. The fourth-order valence-corrected chi connectivity index (χ4v) is 4.08. The number of aliphatic imine (C=N–C) groups is 1. The molecule has 6 heteroatoms. The second-order valence-corrected chi connectivity index (χ2v) is 7.22. The van der Waals surface area contributed by atoms with Gasteiger partial charge in [0.2, 0.25) is 0 Å².